The van der Waals surface area contributed by atoms with Crippen molar-refractivity contribution in [3.63, 3.8) is 0 Å². The predicted octanol–water partition coefficient (Wildman–Crippen LogP) is 2.62. The summed E-state index contributed by atoms with van der Waals surface area (Å²) in [5.41, 5.74) is 0.0780. The smallest absolute Gasteiger partial charge is 0.414 e. The van der Waals surface area contributed by atoms with Crippen LogP contribution in [0, 0.1) is 11.6 Å². The molecule has 8 heteroatoms. The highest BCUT2D eigenvalue weighted by atomic mass is 32.2. The first-order valence-corrected chi connectivity index (χ1v) is 9.16. The summed E-state index contributed by atoms with van der Waals surface area (Å²) < 4.78 is 34.1. The molecule has 1 atom stereocenters. The van der Waals surface area contributed by atoms with E-state index in [9.17, 15) is 13.6 Å². The predicted molar refractivity (Wildman–Crippen MR) is 89.8 cm³/mol. The number of thioether (sulfide) groups is 1. The third-order valence-electron chi connectivity index (χ3n) is 4.14. The van der Waals surface area contributed by atoms with Gasteiger partial charge in [0.05, 0.1) is 18.8 Å². The first-order chi connectivity index (χ1) is 11.6. The van der Waals surface area contributed by atoms with Gasteiger partial charge in [-0.15, -0.1) is 0 Å². The second-order valence-corrected chi connectivity index (χ2v) is 7.09. The van der Waals surface area contributed by atoms with Crippen LogP contribution in [0.4, 0.5) is 25.0 Å². The number of cyclic esters (lactones) is 1. The number of carbonyl (C=O) groups excluding carboxylic acids is 1. The number of rotatable bonds is 3. The van der Waals surface area contributed by atoms with Crippen molar-refractivity contribution < 1.29 is 23.4 Å². The van der Waals surface area contributed by atoms with Gasteiger partial charge in [-0.2, -0.15) is 11.8 Å². The lowest BCUT2D eigenvalue weighted by Gasteiger charge is -2.28. The number of benzene rings is 1. The van der Waals surface area contributed by atoms with E-state index in [0.717, 1.165) is 41.4 Å². The monoisotopic (exact) mass is 358 g/mol. The van der Waals surface area contributed by atoms with E-state index in [-0.39, 0.29) is 24.5 Å². The van der Waals surface area contributed by atoms with Crippen LogP contribution in [0.2, 0.25) is 0 Å². The summed E-state index contributed by atoms with van der Waals surface area (Å²) in [6.07, 6.45) is 0.378. The minimum absolute atomic E-state index is 0.0306. The molecule has 1 aromatic rings. The number of aliphatic hydroxyl groups is 1. The van der Waals surface area contributed by atoms with Crippen molar-refractivity contribution in [2.75, 3.05) is 47.5 Å². The summed E-state index contributed by atoms with van der Waals surface area (Å²) in [4.78, 5) is 14.7. The van der Waals surface area contributed by atoms with Crippen LogP contribution in [0.1, 0.15) is 12.8 Å². The summed E-state index contributed by atoms with van der Waals surface area (Å²) in [6.45, 7) is 0.975. The maximum absolute atomic E-state index is 14.6. The Morgan fingerprint density at radius 1 is 1.21 bits per heavy atom. The summed E-state index contributed by atoms with van der Waals surface area (Å²) >= 11 is 1.86. The summed E-state index contributed by atoms with van der Waals surface area (Å²) in [5, 5.41) is 9.06. The van der Waals surface area contributed by atoms with Gasteiger partial charge in [-0.3, -0.25) is 4.90 Å². The van der Waals surface area contributed by atoms with E-state index >= 15 is 0 Å². The highest BCUT2D eigenvalue weighted by Gasteiger charge is 2.33. The van der Waals surface area contributed by atoms with Gasteiger partial charge in [0, 0.05) is 25.2 Å². The maximum atomic E-state index is 14.6. The Bertz CT molecular complexity index is 586. The zero-order valence-corrected chi connectivity index (χ0v) is 14.0. The highest BCUT2D eigenvalue weighted by molar-refractivity contribution is 7.99. The number of amides is 1. The highest BCUT2D eigenvalue weighted by Crippen LogP contribution is 2.31. The van der Waals surface area contributed by atoms with Crippen molar-refractivity contribution in [1.82, 2.24) is 0 Å². The van der Waals surface area contributed by atoms with Crippen LogP contribution in [0.5, 0.6) is 0 Å². The Labute approximate surface area is 143 Å². The number of nitrogens with zero attached hydrogens (tertiary/aromatic N) is 2. The molecule has 2 aliphatic heterocycles. The van der Waals surface area contributed by atoms with Crippen molar-refractivity contribution in [3.05, 3.63) is 23.8 Å². The fraction of sp³-hybridized carbons (Fsp3) is 0.562. The minimum Gasteiger partial charge on any atom is -0.441 e. The molecule has 2 heterocycles. The lowest BCUT2D eigenvalue weighted by molar-refractivity contribution is 0.0963. The van der Waals surface area contributed by atoms with E-state index in [1.807, 2.05) is 11.8 Å². The first-order valence-electron chi connectivity index (χ1n) is 8.01. The summed E-state index contributed by atoms with van der Waals surface area (Å²) in [6, 6.07) is 2.32. The van der Waals surface area contributed by atoms with Gasteiger partial charge < -0.3 is 14.7 Å². The van der Waals surface area contributed by atoms with Gasteiger partial charge in [0.15, 0.2) is 11.6 Å². The van der Waals surface area contributed by atoms with Crippen molar-refractivity contribution in [1.29, 1.82) is 0 Å². The molecule has 0 radical (unpaired) electrons. The van der Waals surface area contributed by atoms with Crippen molar-refractivity contribution >= 4 is 29.2 Å². The van der Waals surface area contributed by atoms with Crippen LogP contribution in [0.25, 0.3) is 0 Å². The quantitative estimate of drug-likeness (QED) is 0.900. The molecule has 1 aromatic carbocycles. The van der Waals surface area contributed by atoms with Gasteiger partial charge in [0.2, 0.25) is 0 Å². The molecule has 2 saturated heterocycles. The molecule has 1 amide bonds. The zero-order valence-electron chi connectivity index (χ0n) is 13.2. The summed E-state index contributed by atoms with van der Waals surface area (Å²) in [5.74, 6) is 0.608. The van der Waals surface area contributed by atoms with Gasteiger partial charge in [-0.25, -0.2) is 13.6 Å². The van der Waals surface area contributed by atoms with Crippen LogP contribution in [-0.4, -0.2) is 55.1 Å². The van der Waals surface area contributed by atoms with Crippen LogP contribution >= 0.6 is 11.8 Å². The van der Waals surface area contributed by atoms with E-state index < -0.39 is 23.8 Å². The fourth-order valence-electron chi connectivity index (χ4n) is 2.99. The number of halogens is 2. The SMILES string of the molecule is O=C1OC(CO)CN1c1cc(F)c(N2CCCSCCC2)c(F)c1. The van der Waals surface area contributed by atoms with Crippen molar-refractivity contribution in [3.8, 4) is 0 Å². The van der Waals surface area contributed by atoms with Gasteiger partial charge >= 0.3 is 6.09 Å². The molecule has 0 aromatic heterocycles. The molecule has 0 saturated carbocycles. The average molecular weight is 358 g/mol. The molecule has 132 valence electrons. The molecular weight excluding hydrogens is 338 g/mol. The molecule has 0 aliphatic carbocycles. The van der Waals surface area contributed by atoms with E-state index in [0.29, 0.717) is 13.1 Å². The third kappa shape index (κ3) is 3.59. The molecule has 1 unspecified atom stereocenters. The average Bonchev–Trinajstić information content (AvgIpc) is 2.89. The molecule has 0 spiro atoms. The maximum Gasteiger partial charge on any atom is 0.414 e. The van der Waals surface area contributed by atoms with E-state index in [1.165, 1.54) is 0 Å². The Hall–Kier alpha value is -1.54. The minimum atomic E-state index is -0.705. The number of ether oxygens (including phenoxy) is 1. The standard InChI is InChI=1S/C16H20F2N2O3S/c17-13-7-11(20-9-12(10-21)23-16(20)22)8-14(18)15(13)19-3-1-5-24-6-2-4-19/h7-8,12,21H,1-6,9-10H2. The second-order valence-electron chi connectivity index (χ2n) is 5.86. The lowest BCUT2D eigenvalue weighted by Crippen LogP contribution is -2.30. The second kappa shape index (κ2) is 7.57. The van der Waals surface area contributed by atoms with Crippen LogP contribution in [0.15, 0.2) is 12.1 Å². The van der Waals surface area contributed by atoms with Gasteiger partial charge in [-0.1, -0.05) is 0 Å². The topological polar surface area (TPSA) is 53.0 Å². The number of anilines is 2. The van der Waals surface area contributed by atoms with E-state index in [2.05, 4.69) is 0 Å². The Balaban J connectivity index is 1.84. The van der Waals surface area contributed by atoms with Crippen LogP contribution in [-0.2, 0) is 4.74 Å². The van der Waals surface area contributed by atoms with Crippen LogP contribution in [0.3, 0.4) is 0 Å². The number of aliphatic hydroxyl groups excluding tert-OH is 1. The van der Waals surface area contributed by atoms with Gasteiger partial charge in [-0.05, 0) is 24.3 Å². The molecule has 2 fully saturated rings. The molecule has 3 rings (SSSR count). The van der Waals surface area contributed by atoms with Gasteiger partial charge in [0.25, 0.3) is 0 Å². The van der Waals surface area contributed by atoms with E-state index in [1.54, 1.807) is 4.90 Å². The summed E-state index contributed by atoms with van der Waals surface area (Å²) in [7, 11) is 0. The number of hydrogen-bond acceptors (Lipinski definition) is 5. The van der Waals surface area contributed by atoms with Crippen LogP contribution < -0.4 is 9.80 Å². The molecule has 2 aliphatic rings. The molecule has 5 nitrogen and oxygen atoms in total. The lowest BCUT2D eigenvalue weighted by atomic mass is 10.2. The molecule has 0 bridgehead atoms. The Morgan fingerprint density at radius 2 is 1.83 bits per heavy atom. The zero-order chi connectivity index (χ0) is 17.1. The van der Waals surface area contributed by atoms with Gasteiger partial charge in [0.1, 0.15) is 11.8 Å². The Kier molecular flexibility index (Phi) is 5.45. The van der Waals surface area contributed by atoms with Crippen molar-refractivity contribution in [2.45, 2.75) is 18.9 Å². The third-order valence-corrected chi connectivity index (χ3v) is 5.30. The largest absolute Gasteiger partial charge is 0.441 e. The molecule has 1 N–H and O–H groups in total. The number of hydrogen-bond donors (Lipinski definition) is 1. The molecule has 24 heavy (non-hydrogen) atoms. The normalized spacial score (nSPS) is 22.3. The van der Waals surface area contributed by atoms with Crippen molar-refractivity contribution in [2.24, 2.45) is 0 Å². The van der Waals surface area contributed by atoms with E-state index in [4.69, 9.17) is 9.84 Å². The number of carbonyl (C=O) groups is 1. The molecular formula is C16H20F2N2O3S. The Morgan fingerprint density at radius 3 is 2.38 bits per heavy atom. The fourth-order valence-corrected chi connectivity index (χ4v) is 3.86. The first kappa shape index (κ1) is 17.3.